The van der Waals surface area contributed by atoms with Crippen LogP contribution in [0.25, 0.3) is 0 Å². The Morgan fingerprint density at radius 3 is 2.77 bits per heavy atom. The van der Waals surface area contributed by atoms with Crippen molar-refractivity contribution in [3.05, 3.63) is 42.0 Å². The Labute approximate surface area is 129 Å². The monoisotopic (exact) mass is 294 g/mol. The topological polar surface area (TPSA) is 77.7 Å². The van der Waals surface area contributed by atoms with Crippen LogP contribution in [0, 0.1) is 18.3 Å². The highest BCUT2D eigenvalue weighted by molar-refractivity contribution is 5.54. The fourth-order valence-corrected chi connectivity index (χ4v) is 2.69. The number of nitrogens with zero attached hydrogens (tertiary/aromatic N) is 5. The summed E-state index contributed by atoms with van der Waals surface area (Å²) < 4.78 is 0. The van der Waals surface area contributed by atoms with E-state index in [-0.39, 0.29) is 0 Å². The van der Waals surface area contributed by atoms with Crippen molar-refractivity contribution in [3.63, 3.8) is 0 Å². The second kappa shape index (κ2) is 6.39. The highest BCUT2D eigenvalue weighted by Crippen LogP contribution is 2.23. The summed E-state index contributed by atoms with van der Waals surface area (Å²) in [7, 11) is 0. The first-order valence-corrected chi connectivity index (χ1v) is 7.41. The fourth-order valence-electron chi connectivity index (χ4n) is 2.69. The summed E-state index contributed by atoms with van der Waals surface area (Å²) in [4.78, 5) is 14.9. The van der Waals surface area contributed by atoms with Gasteiger partial charge in [-0.1, -0.05) is 0 Å². The largest absolute Gasteiger partial charge is 0.367 e. The summed E-state index contributed by atoms with van der Waals surface area (Å²) >= 11 is 0. The molecular formula is C16H18N6. The lowest BCUT2D eigenvalue weighted by molar-refractivity contribution is 0.522. The molecule has 1 fully saturated rings. The summed E-state index contributed by atoms with van der Waals surface area (Å²) in [5, 5.41) is 12.7. The van der Waals surface area contributed by atoms with Crippen molar-refractivity contribution in [1.82, 2.24) is 15.0 Å². The van der Waals surface area contributed by atoms with Gasteiger partial charge >= 0.3 is 0 Å². The summed E-state index contributed by atoms with van der Waals surface area (Å²) in [6, 6.07) is 8.23. The van der Waals surface area contributed by atoms with Crippen molar-refractivity contribution in [2.75, 3.05) is 23.3 Å². The maximum Gasteiger partial charge on any atom is 0.146 e. The number of aromatic nitrogens is 3. The van der Waals surface area contributed by atoms with Crippen molar-refractivity contribution in [2.24, 2.45) is 0 Å². The number of nitrogens with one attached hydrogen (secondary N) is 1. The molecule has 3 heterocycles. The van der Waals surface area contributed by atoms with E-state index >= 15 is 0 Å². The second-order valence-electron chi connectivity index (χ2n) is 5.44. The summed E-state index contributed by atoms with van der Waals surface area (Å²) in [6.45, 7) is 3.72. The van der Waals surface area contributed by atoms with Gasteiger partial charge in [0.25, 0.3) is 0 Å². The predicted molar refractivity (Wildman–Crippen MR) is 84.6 cm³/mol. The van der Waals surface area contributed by atoms with Crippen LogP contribution in [-0.4, -0.2) is 34.1 Å². The van der Waals surface area contributed by atoms with Crippen molar-refractivity contribution in [2.45, 2.75) is 25.8 Å². The molecule has 1 saturated heterocycles. The molecule has 0 amide bonds. The van der Waals surface area contributed by atoms with Crippen molar-refractivity contribution >= 4 is 11.6 Å². The molecule has 1 aliphatic heterocycles. The van der Waals surface area contributed by atoms with Gasteiger partial charge in [-0.25, -0.2) is 15.0 Å². The lowest BCUT2D eigenvalue weighted by Crippen LogP contribution is -2.40. The highest BCUT2D eigenvalue weighted by Gasteiger charge is 2.22. The van der Waals surface area contributed by atoms with E-state index in [1.165, 1.54) is 0 Å². The molecular weight excluding hydrogens is 276 g/mol. The number of hydrogen-bond acceptors (Lipinski definition) is 6. The van der Waals surface area contributed by atoms with E-state index in [4.69, 9.17) is 0 Å². The Kier molecular flexibility index (Phi) is 4.15. The maximum absolute atomic E-state index is 9.24. The number of aryl methyl sites for hydroxylation is 1. The fraction of sp³-hybridized carbons (Fsp3) is 0.375. The molecule has 0 unspecified atom stereocenters. The van der Waals surface area contributed by atoms with Crippen LogP contribution in [0.5, 0.6) is 0 Å². The van der Waals surface area contributed by atoms with Crippen molar-refractivity contribution in [3.8, 4) is 6.07 Å². The molecule has 1 aliphatic rings. The van der Waals surface area contributed by atoms with Crippen LogP contribution in [0.4, 0.5) is 11.6 Å². The third-order valence-electron chi connectivity index (χ3n) is 3.86. The zero-order chi connectivity index (χ0) is 15.4. The summed E-state index contributed by atoms with van der Waals surface area (Å²) in [5.74, 6) is 1.67. The van der Waals surface area contributed by atoms with E-state index in [2.05, 4.69) is 31.2 Å². The normalized spacial score (nSPS) is 15.4. The van der Waals surface area contributed by atoms with E-state index in [0.29, 0.717) is 11.6 Å². The van der Waals surface area contributed by atoms with Gasteiger partial charge < -0.3 is 10.2 Å². The van der Waals surface area contributed by atoms with Crippen molar-refractivity contribution in [1.29, 1.82) is 5.26 Å². The number of nitriles is 1. The molecule has 0 aliphatic carbocycles. The first-order valence-electron chi connectivity index (χ1n) is 7.41. The van der Waals surface area contributed by atoms with Gasteiger partial charge in [0.1, 0.15) is 24.0 Å². The number of rotatable bonds is 3. The zero-order valence-corrected chi connectivity index (χ0v) is 12.5. The smallest absolute Gasteiger partial charge is 0.146 e. The number of pyridine rings is 1. The van der Waals surface area contributed by atoms with Gasteiger partial charge in [0.2, 0.25) is 0 Å². The average Bonchev–Trinajstić information content (AvgIpc) is 2.56. The summed E-state index contributed by atoms with van der Waals surface area (Å²) in [6.07, 6.45) is 5.27. The molecule has 0 aromatic carbocycles. The molecule has 0 radical (unpaired) electrons. The third-order valence-corrected chi connectivity index (χ3v) is 3.86. The zero-order valence-electron chi connectivity index (χ0n) is 12.5. The minimum absolute atomic E-state index is 0.390. The molecule has 0 bridgehead atoms. The van der Waals surface area contributed by atoms with E-state index in [1.807, 2.05) is 25.1 Å². The Balaban J connectivity index is 1.65. The van der Waals surface area contributed by atoms with E-state index in [1.54, 1.807) is 12.5 Å². The molecule has 112 valence electrons. The number of anilines is 2. The van der Waals surface area contributed by atoms with Crippen LogP contribution in [0.2, 0.25) is 0 Å². The number of piperidine rings is 1. The highest BCUT2D eigenvalue weighted by atomic mass is 15.2. The average molecular weight is 294 g/mol. The van der Waals surface area contributed by atoms with Gasteiger partial charge in [0.05, 0.1) is 5.56 Å². The molecule has 2 aromatic rings. The van der Waals surface area contributed by atoms with Crippen molar-refractivity contribution < 1.29 is 0 Å². The standard InChI is InChI=1S/C16H18N6/c1-12-2-3-13(10-17)16(20-12)22-8-5-14(6-9-22)21-15-4-7-18-11-19-15/h2-4,7,11,14H,5-6,8-9H2,1H3,(H,18,19,21). The Hall–Kier alpha value is -2.68. The van der Waals surface area contributed by atoms with Gasteiger partial charge in [-0.2, -0.15) is 5.26 Å². The molecule has 22 heavy (non-hydrogen) atoms. The van der Waals surface area contributed by atoms with E-state index in [9.17, 15) is 5.26 Å². The van der Waals surface area contributed by atoms with Crippen LogP contribution < -0.4 is 10.2 Å². The first kappa shape index (κ1) is 14.3. The van der Waals surface area contributed by atoms with Gasteiger partial charge in [-0.3, -0.25) is 0 Å². The minimum Gasteiger partial charge on any atom is -0.367 e. The first-order chi connectivity index (χ1) is 10.8. The predicted octanol–water partition coefficient (Wildman–Crippen LogP) is 2.13. The number of hydrogen-bond donors (Lipinski definition) is 1. The van der Waals surface area contributed by atoms with Gasteiger partial charge in [-0.05, 0) is 38.0 Å². The molecule has 1 N–H and O–H groups in total. The summed E-state index contributed by atoms with van der Waals surface area (Å²) in [5.41, 5.74) is 1.59. The second-order valence-corrected chi connectivity index (χ2v) is 5.44. The molecule has 2 aromatic heterocycles. The van der Waals surface area contributed by atoms with E-state index < -0.39 is 0 Å². The quantitative estimate of drug-likeness (QED) is 0.934. The molecule has 0 spiro atoms. The van der Waals surface area contributed by atoms with Gasteiger partial charge in [0.15, 0.2) is 0 Å². The molecule has 6 heteroatoms. The molecule has 3 rings (SSSR count). The lowest BCUT2D eigenvalue weighted by Gasteiger charge is -2.33. The third kappa shape index (κ3) is 3.14. The molecule has 0 atom stereocenters. The maximum atomic E-state index is 9.24. The van der Waals surface area contributed by atoms with Gasteiger partial charge in [-0.15, -0.1) is 0 Å². The molecule has 6 nitrogen and oxygen atoms in total. The Morgan fingerprint density at radius 1 is 1.27 bits per heavy atom. The Bertz CT molecular complexity index is 671. The van der Waals surface area contributed by atoms with Crippen LogP contribution in [-0.2, 0) is 0 Å². The van der Waals surface area contributed by atoms with Crippen LogP contribution in [0.15, 0.2) is 30.7 Å². The SMILES string of the molecule is Cc1ccc(C#N)c(N2CCC(Nc3ccncn3)CC2)n1. The van der Waals surface area contributed by atoms with Crippen LogP contribution in [0.3, 0.4) is 0 Å². The van der Waals surface area contributed by atoms with Crippen LogP contribution >= 0.6 is 0 Å². The van der Waals surface area contributed by atoms with E-state index in [0.717, 1.165) is 43.3 Å². The van der Waals surface area contributed by atoms with Gasteiger partial charge in [0, 0.05) is 31.0 Å². The molecule has 0 saturated carbocycles. The van der Waals surface area contributed by atoms with Crippen LogP contribution in [0.1, 0.15) is 24.1 Å². The Morgan fingerprint density at radius 2 is 2.09 bits per heavy atom. The lowest BCUT2D eigenvalue weighted by atomic mass is 10.0. The minimum atomic E-state index is 0.390.